The summed E-state index contributed by atoms with van der Waals surface area (Å²) in [6.07, 6.45) is 12.1. The van der Waals surface area contributed by atoms with Gasteiger partial charge < -0.3 is 9.47 Å². The van der Waals surface area contributed by atoms with E-state index in [0.29, 0.717) is 11.3 Å². The second-order valence-corrected chi connectivity index (χ2v) is 6.21. The van der Waals surface area contributed by atoms with Crippen molar-refractivity contribution in [1.82, 2.24) is 0 Å². The predicted octanol–water partition coefficient (Wildman–Crippen LogP) is 3.94. The zero-order valence-electron chi connectivity index (χ0n) is 13.8. The molecule has 2 fully saturated rings. The monoisotopic (exact) mass is 292 g/mol. The van der Waals surface area contributed by atoms with Crippen molar-refractivity contribution in [2.75, 3.05) is 13.7 Å². The smallest absolute Gasteiger partial charge is 0.308 e. The zero-order valence-corrected chi connectivity index (χ0v) is 13.8. The number of terminal acetylenes is 1. The van der Waals surface area contributed by atoms with Crippen molar-refractivity contribution < 1.29 is 14.3 Å². The van der Waals surface area contributed by atoms with Gasteiger partial charge in [0.05, 0.1) is 25.4 Å². The number of carbonyl (C=O) groups is 1. The number of ether oxygens (including phenoxy) is 2. The number of methoxy groups -OCH3 is 1. The average molecular weight is 292 g/mol. The van der Waals surface area contributed by atoms with Crippen LogP contribution in [0.2, 0.25) is 0 Å². The fourth-order valence-corrected chi connectivity index (χ4v) is 2.85. The van der Waals surface area contributed by atoms with Gasteiger partial charge in [0.15, 0.2) is 0 Å². The Balaban J connectivity index is 0.000000677. The number of hydrogen-bond donors (Lipinski definition) is 0. The molecule has 2 aliphatic rings. The van der Waals surface area contributed by atoms with Gasteiger partial charge in [-0.25, -0.2) is 0 Å². The first kappa shape index (κ1) is 17.6. The van der Waals surface area contributed by atoms with Gasteiger partial charge in [0, 0.05) is 5.41 Å². The van der Waals surface area contributed by atoms with Crippen molar-refractivity contribution in [2.24, 2.45) is 17.3 Å². The Bertz CT molecular complexity index is 413. The van der Waals surface area contributed by atoms with Crippen LogP contribution in [0.5, 0.6) is 0 Å². The van der Waals surface area contributed by atoms with Gasteiger partial charge in [0.2, 0.25) is 0 Å². The van der Waals surface area contributed by atoms with Crippen molar-refractivity contribution in [3.8, 4) is 12.3 Å². The van der Waals surface area contributed by atoms with Gasteiger partial charge in [0.25, 0.3) is 0 Å². The molecule has 0 heterocycles. The maximum Gasteiger partial charge on any atom is 0.308 e. The van der Waals surface area contributed by atoms with Gasteiger partial charge >= 0.3 is 5.97 Å². The Kier molecular flexibility index (Phi) is 6.81. The van der Waals surface area contributed by atoms with Gasteiger partial charge in [-0.15, -0.1) is 12.3 Å². The number of rotatable bonds is 5. The summed E-state index contributed by atoms with van der Waals surface area (Å²) in [7, 11) is 1.47. The Morgan fingerprint density at radius 1 is 1.43 bits per heavy atom. The van der Waals surface area contributed by atoms with Crippen LogP contribution in [0, 0.1) is 29.6 Å². The molecule has 3 heteroatoms. The summed E-state index contributed by atoms with van der Waals surface area (Å²) < 4.78 is 10.8. The van der Waals surface area contributed by atoms with E-state index >= 15 is 0 Å². The largest absolute Gasteiger partial charge is 0.497 e. The van der Waals surface area contributed by atoms with Gasteiger partial charge in [-0.2, -0.15) is 0 Å². The molecule has 118 valence electrons. The van der Waals surface area contributed by atoms with Crippen LogP contribution in [0.15, 0.2) is 11.8 Å². The highest BCUT2D eigenvalue weighted by Gasteiger charge is 2.42. The highest BCUT2D eigenvalue weighted by molar-refractivity contribution is 5.72. The van der Waals surface area contributed by atoms with Crippen LogP contribution in [0.25, 0.3) is 0 Å². The van der Waals surface area contributed by atoms with E-state index in [-0.39, 0.29) is 11.9 Å². The minimum atomic E-state index is -0.0575. The number of hydrogen-bond acceptors (Lipinski definition) is 3. The van der Waals surface area contributed by atoms with E-state index in [1.54, 1.807) is 6.92 Å². The zero-order chi connectivity index (χ0) is 15.9. The summed E-state index contributed by atoms with van der Waals surface area (Å²) in [5.74, 6) is 3.93. The van der Waals surface area contributed by atoms with Gasteiger partial charge in [0.1, 0.15) is 0 Å². The van der Waals surface area contributed by atoms with E-state index < -0.39 is 0 Å². The molecule has 2 atom stereocenters. The molecule has 21 heavy (non-hydrogen) atoms. The van der Waals surface area contributed by atoms with E-state index in [9.17, 15) is 4.79 Å². The van der Waals surface area contributed by atoms with Crippen molar-refractivity contribution in [2.45, 2.75) is 52.9 Å². The first-order chi connectivity index (χ1) is 10.0. The van der Waals surface area contributed by atoms with Crippen LogP contribution in [0.4, 0.5) is 0 Å². The Morgan fingerprint density at radius 3 is 2.52 bits per heavy atom. The SMILES string of the molecule is C#CC.C/C=C(\OCC1CCC(C(=O)OC)C1)C1(C)CC1. The summed E-state index contributed by atoms with van der Waals surface area (Å²) in [5.41, 5.74) is 0.301. The van der Waals surface area contributed by atoms with Crippen LogP contribution in [-0.2, 0) is 14.3 Å². The van der Waals surface area contributed by atoms with Crippen molar-refractivity contribution in [1.29, 1.82) is 0 Å². The molecule has 3 nitrogen and oxygen atoms in total. The Hall–Kier alpha value is -1.43. The van der Waals surface area contributed by atoms with Crippen LogP contribution in [-0.4, -0.2) is 19.7 Å². The summed E-state index contributed by atoms with van der Waals surface area (Å²) in [4.78, 5) is 11.4. The lowest BCUT2D eigenvalue weighted by molar-refractivity contribution is -0.145. The molecule has 0 N–H and O–H groups in total. The lowest BCUT2D eigenvalue weighted by Gasteiger charge is -2.18. The lowest BCUT2D eigenvalue weighted by Crippen LogP contribution is -2.15. The Morgan fingerprint density at radius 2 is 2.05 bits per heavy atom. The van der Waals surface area contributed by atoms with Crippen LogP contribution in [0.3, 0.4) is 0 Å². The van der Waals surface area contributed by atoms with E-state index in [2.05, 4.69) is 25.3 Å². The second kappa shape index (κ2) is 8.12. The average Bonchev–Trinajstić information content (AvgIpc) is 3.04. The molecule has 2 unspecified atom stereocenters. The van der Waals surface area contributed by atoms with E-state index in [0.717, 1.165) is 31.6 Å². The molecule has 0 aromatic rings. The van der Waals surface area contributed by atoms with Crippen LogP contribution >= 0.6 is 0 Å². The van der Waals surface area contributed by atoms with Gasteiger partial charge in [-0.3, -0.25) is 4.79 Å². The molecule has 0 saturated heterocycles. The number of carbonyl (C=O) groups excluding carboxylic acids is 1. The fraction of sp³-hybridized carbons (Fsp3) is 0.722. The standard InChI is InChI=1S/C15H24O3.C3H4/c1-4-13(15(2)7-8-15)18-10-11-5-6-12(9-11)14(16)17-3;1-3-2/h4,11-12H,5-10H2,1-3H3;1H,2H3/b13-4-;. The summed E-state index contributed by atoms with van der Waals surface area (Å²) >= 11 is 0. The molecule has 2 saturated carbocycles. The summed E-state index contributed by atoms with van der Waals surface area (Å²) in [6.45, 7) is 6.71. The molecule has 0 aliphatic heterocycles. The van der Waals surface area contributed by atoms with Crippen LogP contribution in [0.1, 0.15) is 52.9 Å². The van der Waals surface area contributed by atoms with Gasteiger partial charge in [-0.1, -0.05) is 6.92 Å². The third-order valence-corrected chi connectivity index (χ3v) is 4.41. The molecular formula is C18H28O3. The normalized spacial score (nSPS) is 26.1. The highest BCUT2D eigenvalue weighted by atomic mass is 16.5. The summed E-state index contributed by atoms with van der Waals surface area (Å²) in [5, 5.41) is 0. The fourth-order valence-electron chi connectivity index (χ4n) is 2.85. The Labute approximate surface area is 129 Å². The molecule has 2 aliphatic carbocycles. The molecule has 0 amide bonds. The molecule has 0 aromatic heterocycles. The van der Waals surface area contributed by atoms with Crippen molar-refractivity contribution in [3.05, 3.63) is 11.8 Å². The number of esters is 1. The quantitative estimate of drug-likeness (QED) is 0.437. The predicted molar refractivity (Wildman–Crippen MR) is 84.4 cm³/mol. The molecule has 2 rings (SSSR count). The molecule has 0 spiro atoms. The third kappa shape index (κ3) is 5.12. The first-order valence-corrected chi connectivity index (χ1v) is 7.75. The van der Waals surface area contributed by atoms with Crippen molar-refractivity contribution in [3.63, 3.8) is 0 Å². The molecule has 0 radical (unpaired) electrons. The topological polar surface area (TPSA) is 35.5 Å². The van der Waals surface area contributed by atoms with Crippen LogP contribution < -0.4 is 0 Å². The van der Waals surface area contributed by atoms with E-state index in [1.165, 1.54) is 20.0 Å². The van der Waals surface area contributed by atoms with Gasteiger partial charge in [-0.05, 0) is 57.9 Å². The minimum Gasteiger partial charge on any atom is -0.497 e. The molecular weight excluding hydrogens is 264 g/mol. The maximum absolute atomic E-state index is 11.4. The number of allylic oxidation sites excluding steroid dienone is 2. The lowest BCUT2D eigenvalue weighted by atomic mass is 10.1. The van der Waals surface area contributed by atoms with E-state index in [4.69, 9.17) is 9.47 Å². The second-order valence-electron chi connectivity index (χ2n) is 6.21. The maximum atomic E-state index is 11.4. The highest BCUT2D eigenvalue weighted by Crippen LogP contribution is 2.51. The third-order valence-electron chi connectivity index (χ3n) is 4.41. The summed E-state index contributed by atoms with van der Waals surface area (Å²) in [6, 6.07) is 0. The molecule has 0 bridgehead atoms. The van der Waals surface area contributed by atoms with E-state index in [1.807, 2.05) is 6.92 Å². The first-order valence-electron chi connectivity index (χ1n) is 7.75. The van der Waals surface area contributed by atoms with Crippen molar-refractivity contribution >= 4 is 5.97 Å². The minimum absolute atomic E-state index is 0.0575. The molecule has 0 aromatic carbocycles.